The van der Waals surface area contributed by atoms with E-state index in [1.165, 1.54) is 7.11 Å². The zero-order valence-electron chi connectivity index (χ0n) is 11.3. The molecule has 18 heavy (non-hydrogen) atoms. The molecule has 0 aliphatic rings. The van der Waals surface area contributed by atoms with Crippen LogP contribution >= 0.6 is 0 Å². The van der Waals surface area contributed by atoms with Gasteiger partial charge in [0.2, 0.25) is 0 Å². The first-order valence-corrected chi connectivity index (χ1v) is 5.94. The van der Waals surface area contributed by atoms with Gasteiger partial charge in [0.1, 0.15) is 17.5 Å². The van der Waals surface area contributed by atoms with Gasteiger partial charge in [0.05, 0.1) is 13.5 Å². The lowest BCUT2D eigenvalue weighted by Gasteiger charge is -2.11. The minimum absolute atomic E-state index is 0.242. The van der Waals surface area contributed by atoms with Crippen molar-refractivity contribution in [2.24, 2.45) is 0 Å². The summed E-state index contributed by atoms with van der Waals surface area (Å²) in [5.74, 6) is 1.92. The van der Waals surface area contributed by atoms with Crippen molar-refractivity contribution in [2.45, 2.75) is 33.2 Å². The van der Waals surface area contributed by atoms with E-state index < -0.39 is 0 Å². The third-order valence-electron chi connectivity index (χ3n) is 2.14. The number of carbonyl (C=O) groups excluding carboxylic acids is 1. The Morgan fingerprint density at radius 1 is 1.39 bits per heavy atom. The predicted octanol–water partition coefficient (Wildman–Crippen LogP) is 1.58. The Labute approximate surface area is 107 Å². The van der Waals surface area contributed by atoms with E-state index in [4.69, 9.17) is 0 Å². The highest BCUT2D eigenvalue weighted by Gasteiger charge is 2.04. The summed E-state index contributed by atoms with van der Waals surface area (Å²) in [4.78, 5) is 19.5. The summed E-state index contributed by atoms with van der Waals surface area (Å²) < 4.78 is 4.56. The summed E-state index contributed by atoms with van der Waals surface area (Å²) in [6.07, 6.45) is 0.312. The number of ether oxygens (including phenoxy) is 1. The first-order chi connectivity index (χ1) is 8.51. The van der Waals surface area contributed by atoms with Crippen molar-refractivity contribution in [1.82, 2.24) is 9.97 Å². The number of carbonyl (C=O) groups is 1. The van der Waals surface area contributed by atoms with Crippen molar-refractivity contribution >= 4 is 17.6 Å². The van der Waals surface area contributed by atoms with E-state index in [2.05, 4.69) is 25.3 Å². The van der Waals surface area contributed by atoms with E-state index in [1.54, 1.807) is 0 Å². The van der Waals surface area contributed by atoms with Crippen molar-refractivity contribution in [3.8, 4) is 0 Å². The number of esters is 1. The lowest BCUT2D eigenvalue weighted by molar-refractivity contribution is -0.140. The largest absolute Gasteiger partial charge is 0.469 e. The maximum atomic E-state index is 11.0. The van der Waals surface area contributed by atoms with Crippen molar-refractivity contribution in [3.63, 3.8) is 0 Å². The second kappa shape index (κ2) is 6.78. The van der Waals surface area contributed by atoms with Crippen molar-refractivity contribution < 1.29 is 9.53 Å². The van der Waals surface area contributed by atoms with E-state index in [-0.39, 0.29) is 5.97 Å². The third-order valence-corrected chi connectivity index (χ3v) is 2.14. The van der Waals surface area contributed by atoms with Gasteiger partial charge in [-0.15, -0.1) is 0 Å². The van der Waals surface area contributed by atoms with Crippen LogP contribution in [0.5, 0.6) is 0 Å². The minimum atomic E-state index is -0.242. The first kappa shape index (κ1) is 14.2. The highest BCUT2D eigenvalue weighted by molar-refractivity contribution is 5.69. The number of hydrogen-bond acceptors (Lipinski definition) is 6. The minimum Gasteiger partial charge on any atom is -0.469 e. The molecule has 0 aliphatic heterocycles. The molecule has 0 amide bonds. The summed E-state index contributed by atoms with van der Waals surface area (Å²) in [5.41, 5.74) is 0. The van der Waals surface area contributed by atoms with E-state index in [0.29, 0.717) is 30.6 Å². The van der Waals surface area contributed by atoms with Gasteiger partial charge >= 0.3 is 5.97 Å². The van der Waals surface area contributed by atoms with Gasteiger partial charge in [0.25, 0.3) is 0 Å². The Morgan fingerprint density at radius 3 is 2.67 bits per heavy atom. The van der Waals surface area contributed by atoms with Crippen molar-refractivity contribution in [2.75, 3.05) is 24.3 Å². The molecule has 1 rings (SSSR count). The van der Waals surface area contributed by atoms with Crippen molar-refractivity contribution in [3.05, 3.63) is 11.9 Å². The molecule has 0 unspecified atom stereocenters. The second-order valence-corrected chi connectivity index (χ2v) is 4.24. The van der Waals surface area contributed by atoms with Crippen LogP contribution in [0.3, 0.4) is 0 Å². The lowest BCUT2D eigenvalue weighted by atomic mass is 10.3. The molecule has 0 radical (unpaired) electrons. The number of rotatable bonds is 6. The Bertz CT molecular complexity index is 407. The highest BCUT2D eigenvalue weighted by Crippen LogP contribution is 2.11. The summed E-state index contributed by atoms with van der Waals surface area (Å²) >= 11 is 0. The highest BCUT2D eigenvalue weighted by atomic mass is 16.5. The standard InChI is InChI=1S/C12H20N4O2/c1-8(2)14-11-7-10(15-9(3)16-11)13-6-5-12(17)18-4/h7-8H,5-6H2,1-4H3,(H2,13,14,15,16). The maximum absolute atomic E-state index is 11.0. The van der Waals surface area contributed by atoms with Gasteiger partial charge in [-0.05, 0) is 20.8 Å². The number of anilines is 2. The van der Waals surface area contributed by atoms with E-state index in [1.807, 2.05) is 26.8 Å². The number of aryl methyl sites for hydroxylation is 1. The number of methoxy groups -OCH3 is 1. The summed E-state index contributed by atoms with van der Waals surface area (Å²) in [6, 6.07) is 2.13. The quantitative estimate of drug-likeness (QED) is 0.749. The molecule has 0 spiro atoms. The zero-order chi connectivity index (χ0) is 13.5. The van der Waals surface area contributed by atoms with Crippen LogP contribution in [-0.4, -0.2) is 35.6 Å². The molecule has 6 nitrogen and oxygen atoms in total. The van der Waals surface area contributed by atoms with Gasteiger partial charge in [0, 0.05) is 18.7 Å². The number of nitrogens with one attached hydrogen (secondary N) is 2. The Hall–Kier alpha value is -1.85. The van der Waals surface area contributed by atoms with Gasteiger partial charge in [-0.1, -0.05) is 0 Å². The molecule has 1 aromatic rings. The monoisotopic (exact) mass is 252 g/mol. The fourth-order valence-electron chi connectivity index (χ4n) is 1.42. The normalized spacial score (nSPS) is 10.3. The van der Waals surface area contributed by atoms with Gasteiger partial charge in [0.15, 0.2) is 0 Å². The Morgan fingerprint density at radius 2 is 2.06 bits per heavy atom. The predicted molar refractivity (Wildman–Crippen MR) is 70.7 cm³/mol. The fourth-order valence-corrected chi connectivity index (χ4v) is 1.42. The van der Waals surface area contributed by atoms with Crippen LogP contribution in [-0.2, 0) is 9.53 Å². The van der Waals surface area contributed by atoms with Crippen LogP contribution in [0, 0.1) is 6.92 Å². The van der Waals surface area contributed by atoms with Gasteiger partial charge in [-0.25, -0.2) is 9.97 Å². The summed E-state index contributed by atoms with van der Waals surface area (Å²) in [6.45, 7) is 6.41. The molecule has 100 valence electrons. The van der Waals surface area contributed by atoms with Crippen LogP contribution in [0.4, 0.5) is 11.6 Å². The number of nitrogens with zero attached hydrogens (tertiary/aromatic N) is 2. The first-order valence-electron chi connectivity index (χ1n) is 5.94. The van der Waals surface area contributed by atoms with Crippen LogP contribution in [0.2, 0.25) is 0 Å². The Kier molecular flexibility index (Phi) is 5.35. The molecule has 0 fully saturated rings. The van der Waals surface area contributed by atoms with Crippen LogP contribution < -0.4 is 10.6 Å². The topological polar surface area (TPSA) is 76.1 Å². The SMILES string of the molecule is COC(=O)CCNc1cc(NC(C)C)nc(C)n1. The van der Waals surface area contributed by atoms with Crippen molar-refractivity contribution in [1.29, 1.82) is 0 Å². The third kappa shape index (κ3) is 4.99. The molecule has 0 bridgehead atoms. The second-order valence-electron chi connectivity index (χ2n) is 4.24. The molecule has 0 aliphatic carbocycles. The molecular weight excluding hydrogens is 232 g/mol. The molecule has 1 heterocycles. The fraction of sp³-hybridized carbons (Fsp3) is 0.583. The van der Waals surface area contributed by atoms with E-state index >= 15 is 0 Å². The van der Waals surface area contributed by atoms with Crippen LogP contribution in [0.1, 0.15) is 26.1 Å². The molecule has 0 atom stereocenters. The van der Waals surface area contributed by atoms with Gasteiger partial charge in [-0.3, -0.25) is 4.79 Å². The Balaban J connectivity index is 2.59. The number of aromatic nitrogens is 2. The van der Waals surface area contributed by atoms with E-state index in [9.17, 15) is 4.79 Å². The van der Waals surface area contributed by atoms with Crippen LogP contribution in [0.25, 0.3) is 0 Å². The molecule has 6 heteroatoms. The average molecular weight is 252 g/mol. The lowest BCUT2D eigenvalue weighted by Crippen LogP contribution is -2.14. The summed E-state index contributed by atoms with van der Waals surface area (Å²) in [5, 5.41) is 6.29. The molecule has 0 aromatic carbocycles. The molecular formula is C12H20N4O2. The molecule has 2 N–H and O–H groups in total. The van der Waals surface area contributed by atoms with Gasteiger partial charge < -0.3 is 15.4 Å². The molecule has 1 aromatic heterocycles. The zero-order valence-corrected chi connectivity index (χ0v) is 11.3. The van der Waals surface area contributed by atoms with Gasteiger partial charge in [-0.2, -0.15) is 0 Å². The van der Waals surface area contributed by atoms with E-state index in [0.717, 1.165) is 5.82 Å². The molecule has 0 saturated carbocycles. The maximum Gasteiger partial charge on any atom is 0.307 e. The molecule has 0 saturated heterocycles. The smallest absolute Gasteiger partial charge is 0.307 e. The summed E-state index contributed by atoms with van der Waals surface area (Å²) in [7, 11) is 1.38. The average Bonchev–Trinajstić information content (AvgIpc) is 2.27. The van der Waals surface area contributed by atoms with Crippen LogP contribution in [0.15, 0.2) is 6.07 Å². The number of hydrogen-bond donors (Lipinski definition) is 2.